The molecule has 3 aromatic rings. The minimum absolute atomic E-state index is 0.0519. The van der Waals surface area contributed by atoms with Gasteiger partial charge in [-0.25, -0.2) is 27.2 Å². The third-order valence-electron chi connectivity index (χ3n) is 7.35. The molecule has 1 saturated carbocycles. The van der Waals surface area contributed by atoms with Crippen LogP contribution >= 0.6 is 0 Å². The van der Waals surface area contributed by atoms with Gasteiger partial charge < -0.3 is 5.43 Å². The van der Waals surface area contributed by atoms with Gasteiger partial charge in [-0.2, -0.15) is 0 Å². The first-order chi connectivity index (χ1) is 17.6. The summed E-state index contributed by atoms with van der Waals surface area (Å²) in [5.74, 6) is -0.741. The summed E-state index contributed by atoms with van der Waals surface area (Å²) < 4.78 is 54.4. The number of fused-ring (bicyclic) bond motifs is 4. The Morgan fingerprint density at radius 2 is 1.92 bits per heavy atom. The average molecular weight is 523 g/mol. The Hall–Kier alpha value is -3.86. The molecule has 2 aromatic heterocycles. The first kappa shape index (κ1) is 23.5. The van der Waals surface area contributed by atoms with Crippen LogP contribution in [0.15, 0.2) is 66.3 Å². The van der Waals surface area contributed by atoms with Crippen LogP contribution in [0, 0.1) is 17.6 Å². The van der Waals surface area contributed by atoms with Gasteiger partial charge in [-0.15, -0.1) is 0 Å². The van der Waals surface area contributed by atoms with Gasteiger partial charge in [0.05, 0.1) is 40.5 Å². The Morgan fingerprint density at radius 3 is 2.62 bits per heavy atom. The lowest BCUT2D eigenvalue weighted by Gasteiger charge is -2.38. The number of halogens is 2. The van der Waals surface area contributed by atoms with Crippen molar-refractivity contribution in [2.24, 2.45) is 5.92 Å². The molecule has 2 bridgehead atoms. The van der Waals surface area contributed by atoms with Gasteiger partial charge in [0.2, 0.25) is 10.0 Å². The van der Waals surface area contributed by atoms with Crippen LogP contribution in [0.5, 0.6) is 0 Å². The molecule has 2 N–H and O–H groups in total. The minimum atomic E-state index is -3.42. The van der Waals surface area contributed by atoms with Crippen molar-refractivity contribution in [1.82, 2.24) is 25.4 Å². The van der Waals surface area contributed by atoms with E-state index < -0.39 is 27.1 Å². The molecule has 3 heterocycles. The molecule has 0 unspecified atom stereocenters. The highest BCUT2D eigenvalue weighted by Crippen LogP contribution is 2.59. The number of aromatic nitrogens is 3. The van der Waals surface area contributed by atoms with Crippen LogP contribution in [0.4, 0.5) is 14.6 Å². The number of allylic oxidation sites excluding steroid dienone is 3. The first-order valence-corrected chi connectivity index (χ1v) is 13.7. The lowest BCUT2D eigenvalue weighted by molar-refractivity contribution is 0.330. The maximum absolute atomic E-state index is 14.6. The highest BCUT2D eigenvalue weighted by atomic mass is 32.2. The predicted molar refractivity (Wildman–Crippen MR) is 135 cm³/mol. The fraction of sp³-hybridized carbons (Fsp3) is 0.269. The molecular weight excluding hydrogens is 498 g/mol. The van der Waals surface area contributed by atoms with Crippen molar-refractivity contribution in [3.8, 4) is 11.3 Å². The second kappa shape index (κ2) is 8.34. The SMILES string of the molecule is CN1NC2=C(C=C1c1c(F)cccc1F)[C@@H]1CC[C@@]2(c2cncc(-c3ccc(NS(C)(=O)=O)nc3)n2)C1. The molecule has 11 heteroatoms. The van der Waals surface area contributed by atoms with Crippen LogP contribution in [-0.2, 0) is 15.4 Å². The number of pyridine rings is 1. The molecule has 1 aromatic carbocycles. The number of rotatable bonds is 5. The van der Waals surface area contributed by atoms with Crippen LogP contribution in [0.1, 0.15) is 30.5 Å². The normalized spacial score (nSPS) is 22.5. The van der Waals surface area contributed by atoms with Crippen LogP contribution in [0.25, 0.3) is 17.0 Å². The number of anilines is 1. The summed E-state index contributed by atoms with van der Waals surface area (Å²) >= 11 is 0. The molecule has 2 aliphatic carbocycles. The van der Waals surface area contributed by atoms with Crippen molar-refractivity contribution >= 4 is 21.5 Å². The zero-order valence-corrected chi connectivity index (χ0v) is 21.0. The molecule has 1 fully saturated rings. The van der Waals surface area contributed by atoms with Crippen molar-refractivity contribution < 1.29 is 17.2 Å². The highest BCUT2D eigenvalue weighted by Gasteiger charge is 2.54. The van der Waals surface area contributed by atoms with Gasteiger partial charge in [-0.05, 0) is 61.1 Å². The van der Waals surface area contributed by atoms with Crippen LogP contribution in [0.2, 0.25) is 0 Å². The Morgan fingerprint density at radius 1 is 1.14 bits per heavy atom. The van der Waals surface area contributed by atoms with Gasteiger partial charge in [-0.1, -0.05) is 6.07 Å². The fourth-order valence-electron chi connectivity index (χ4n) is 5.73. The van der Waals surface area contributed by atoms with Gasteiger partial charge in [0.1, 0.15) is 17.5 Å². The monoisotopic (exact) mass is 522 g/mol. The van der Waals surface area contributed by atoms with Crippen molar-refractivity contribution in [3.05, 3.63) is 89.2 Å². The zero-order valence-electron chi connectivity index (χ0n) is 20.2. The second-order valence-corrected chi connectivity index (χ2v) is 11.5. The lowest BCUT2D eigenvalue weighted by Crippen LogP contribution is -2.43. The molecule has 1 aliphatic heterocycles. The van der Waals surface area contributed by atoms with Crippen molar-refractivity contribution in [2.45, 2.75) is 24.7 Å². The molecule has 3 aliphatic rings. The molecule has 8 nitrogen and oxygen atoms in total. The van der Waals surface area contributed by atoms with E-state index in [9.17, 15) is 17.2 Å². The number of hydrogen-bond donors (Lipinski definition) is 2. The summed E-state index contributed by atoms with van der Waals surface area (Å²) in [4.78, 5) is 13.6. The zero-order chi connectivity index (χ0) is 25.9. The molecule has 37 heavy (non-hydrogen) atoms. The third-order valence-corrected chi connectivity index (χ3v) is 7.93. The number of hydrogen-bond acceptors (Lipinski definition) is 7. The summed E-state index contributed by atoms with van der Waals surface area (Å²) in [5, 5.41) is 1.66. The number of hydrazine groups is 1. The molecule has 0 amide bonds. The van der Waals surface area contributed by atoms with E-state index in [1.165, 1.54) is 18.2 Å². The second-order valence-electron chi connectivity index (χ2n) is 9.75. The number of nitrogens with zero attached hydrogens (tertiary/aromatic N) is 4. The summed E-state index contributed by atoms with van der Waals surface area (Å²) in [6.45, 7) is 0. The van der Waals surface area contributed by atoms with Crippen molar-refractivity contribution in [1.29, 1.82) is 0 Å². The van der Waals surface area contributed by atoms with Gasteiger partial charge in [-0.3, -0.25) is 14.7 Å². The van der Waals surface area contributed by atoms with E-state index in [1.54, 1.807) is 42.8 Å². The largest absolute Gasteiger partial charge is 0.301 e. The third kappa shape index (κ3) is 3.93. The van der Waals surface area contributed by atoms with E-state index in [2.05, 4.69) is 20.1 Å². The van der Waals surface area contributed by atoms with Gasteiger partial charge in [0, 0.05) is 30.7 Å². The molecule has 0 spiro atoms. The molecule has 0 saturated heterocycles. The van der Waals surface area contributed by atoms with E-state index >= 15 is 0 Å². The van der Waals surface area contributed by atoms with Crippen molar-refractivity contribution in [2.75, 3.05) is 18.0 Å². The number of nitrogens with one attached hydrogen (secondary N) is 2. The molecule has 0 radical (unpaired) electrons. The van der Waals surface area contributed by atoms with Crippen LogP contribution in [-0.4, -0.2) is 41.7 Å². The lowest BCUT2D eigenvalue weighted by atomic mass is 9.79. The molecular formula is C26H24F2N6O2S. The number of sulfonamides is 1. The fourth-order valence-corrected chi connectivity index (χ4v) is 6.23. The maximum atomic E-state index is 14.6. The average Bonchev–Trinajstić information content (AvgIpc) is 3.42. The van der Waals surface area contributed by atoms with E-state index in [0.29, 0.717) is 17.0 Å². The van der Waals surface area contributed by atoms with E-state index in [0.717, 1.165) is 42.5 Å². The summed E-state index contributed by atoms with van der Waals surface area (Å²) in [5.41, 5.74) is 7.59. The highest BCUT2D eigenvalue weighted by molar-refractivity contribution is 7.92. The predicted octanol–water partition coefficient (Wildman–Crippen LogP) is 3.99. The van der Waals surface area contributed by atoms with Gasteiger partial charge in [0.15, 0.2) is 0 Å². The Bertz CT molecular complexity index is 1570. The van der Waals surface area contributed by atoms with E-state index in [-0.39, 0.29) is 17.3 Å². The Balaban J connectivity index is 1.38. The Labute approximate surface area is 213 Å². The summed E-state index contributed by atoms with van der Waals surface area (Å²) in [6.07, 6.45) is 10.6. The first-order valence-electron chi connectivity index (χ1n) is 11.8. The van der Waals surface area contributed by atoms with Crippen LogP contribution in [0.3, 0.4) is 0 Å². The van der Waals surface area contributed by atoms with E-state index in [4.69, 9.17) is 4.98 Å². The van der Waals surface area contributed by atoms with Gasteiger partial charge >= 0.3 is 0 Å². The van der Waals surface area contributed by atoms with Crippen molar-refractivity contribution in [3.63, 3.8) is 0 Å². The van der Waals surface area contributed by atoms with E-state index in [1.807, 2.05) is 6.08 Å². The maximum Gasteiger partial charge on any atom is 0.230 e. The molecule has 190 valence electrons. The summed E-state index contributed by atoms with van der Waals surface area (Å²) in [7, 11) is -1.67. The summed E-state index contributed by atoms with van der Waals surface area (Å²) in [6, 6.07) is 7.21. The van der Waals surface area contributed by atoms with Gasteiger partial charge in [0.25, 0.3) is 0 Å². The smallest absolute Gasteiger partial charge is 0.230 e. The molecule has 2 atom stereocenters. The topological polar surface area (TPSA) is 100 Å². The standard InChI is InChI=1S/C26H24F2N6O2S/c1-34-21(24-18(27)4-3-5-19(24)28)10-17-15-8-9-26(11-15,25(17)32-34)22-14-29-13-20(31-22)16-6-7-23(30-12-16)33-37(2,35)36/h3-7,10,12-15,32H,8-9,11H2,1-2H3,(H,30,33)/t15-,26+/m1/s1. The van der Waals surface area contributed by atoms with Crippen LogP contribution < -0.4 is 10.1 Å². The quantitative estimate of drug-likeness (QED) is 0.523. The minimum Gasteiger partial charge on any atom is -0.301 e. The molecule has 6 rings (SSSR count). The number of benzene rings is 1. The Kier molecular flexibility index (Phi) is 5.30.